The molecule has 158 valence electrons. The van der Waals surface area contributed by atoms with E-state index < -0.39 is 5.54 Å². The van der Waals surface area contributed by atoms with Crippen molar-refractivity contribution in [3.05, 3.63) is 59.4 Å². The summed E-state index contributed by atoms with van der Waals surface area (Å²) in [6.07, 6.45) is 1.39. The molecule has 0 aromatic heterocycles. The van der Waals surface area contributed by atoms with Crippen molar-refractivity contribution in [1.29, 1.82) is 0 Å². The van der Waals surface area contributed by atoms with Gasteiger partial charge < -0.3 is 20.5 Å². The Morgan fingerprint density at radius 2 is 1.93 bits per heavy atom. The monoisotopic (exact) mass is 402 g/mol. The third-order valence-corrected chi connectivity index (χ3v) is 4.80. The fourth-order valence-electron chi connectivity index (χ4n) is 3.33. The average Bonchev–Trinajstić information content (AvgIpc) is 2.66. The van der Waals surface area contributed by atoms with Gasteiger partial charge in [-0.3, -0.25) is 4.79 Å². The molecule has 2 rings (SSSR count). The van der Waals surface area contributed by atoms with Gasteiger partial charge in [0.2, 0.25) is 5.91 Å². The molecule has 0 aliphatic carbocycles. The van der Waals surface area contributed by atoms with Gasteiger partial charge in [-0.05, 0) is 61.1 Å². The number of nitrogens with one attached hydrogen (secondary N) is 1. The van der Waals surface area contributed by atoms with Crippen molar-refractivity contribution in [3.8, 4) is 11.5 Å². The number of rotatable bonds is 11. The molecule has 0 aliphatic rings. The molecule has 0 fully saturated rings. The number of halogens is 1. The van der Waals surface area contributed by atoms with Gasteiger partial charge in [-0.25, -0.2) is 4.39 Å². The number of primary amides is 1. The average molecular weight is 403 g/mol. The van der Waals surface area contributed by atoms with Crippen LogP contribution in [-0.2, 0) is 17.8 Å². The van der Waals surface area contributed by atoms with E-state index >= 15 is 0 Å². The molecule has 0 saturated carbocycles. The largest absolute Gasteiger partial charge is 0.493 e. The minimum Gasteiger partial charge on any atom is -0.493 e. The van der Waals surface area contributed by atoms with Crippen LogP contribution in [0.3, 0.4) is 0 Å². The van der Waals surface area contributed by atoms with E-state index in [0.29, 0.717) is 36.8 Å². The van der Waals surface area contributed by atoms with E-state index in [4.69, 9.17) is 15.2 Å². The highest BCUT2D eigenvalue weighted by molar-refractivity contribution is 5.84. The number of carbonyl (C=O) groups excluding carboxylic acids is 1. The zero-order chi connectivity index (χ0) is 21.4. The summed E-state index contributed by atoms with van der Waals surface area (Å²) in [6.45, 7) is 6.84. The second-order valence-electron chi connectivity index (χ2n) is 7.87. The number of hydrogen-bond acceptors (Lipinski definition) is 4. The summed E-state index contributed by atoms with van der Waals surface area (Å²) in [6, 6.07) is 12.0. The van der Waals surface area contributed by atoms with Crippen LogP contribution in [0.4, 0.5) is 4.39 Å². The fraction of sp³-hybridized carbons (Fsp3) is 0.435. The first-order valence-electron chi connectivity index (χ1n) is 9.82. The van der Waals surface area contributed by atoms with Crippen molar-refractivity contribution in [2.24, 2.45) is 11.7 Å². The van der Waals surface area contributed by atoms with Gasteiger partial charge >= 0.3 is 0 Å². The van der Waals surface area contributed by atoms with Gasteiger partial charge in [-0.15, -0.1) is 0 Å². The standard InChI is InChI=1S/C23H31FN2O3/c1-16(2)14-23(3,22(25)27)26-11-10-17-8-9-20(21(13-17)28-4)29-15-18-6-5-7-19(24)12-18/h5-9,12-13,16,26H,10-11,14-15H2,1-4H3,(H2,25,27)/t23-/m0/s1. The predicted molar refractivity (Wildman–Crippen MR) is 112 cm³/mol. The number of ether oxygens (including phenoxy) is 2. The molecular formula is C23H31FN2O3. The summed E-state index contributed by atoms with van der Waals surface area (Å²) in [5, 5.41) is 3.30. The minimum atomic E-state index is -0.730. The van der Waals surface area contributed by atoms with E-state index in [-0.39, 0.29) is 18.3 Å². The van der Waals surface area contributed by atoms with Gasteiger partial charge in [0.25, 0.3) is 0 Å². The molecular weight excluding hydrogens is 371 g/mol. The summed E-state index contributed by atoms with van der Waals surface area (Å²) >= 11 is 0. The van der Waals surface area contributed by atoms with E-state index in [1.807, 2.05) is 31.2 Å². The SMILES string of the molecule is COc1cc(CCN[C@@](C)(CC(C)C)C(N)=O)ccc1OCc1cccc(F)c1. The number of hydrogen-bond donors (Lipinski definition) is 2. The first-order chi connectivity index (χ1) is 13.7. The Hall–Kier alpha value is -2.60. The van der Waals surface area contributed by atoms with Crippen LogP contribution < -0.4 is 20.5 Å². The van der Waals surface area contributed by atoms with E-state index in [1.54, 1.807) is 13.2 Å². The first-order valence-corrected chi connectivity index (χ1v) is 9.82. The van der Waals surface area contributed by atoms with Gasteiger partial charge in [0.15, 0.2) is 11.5 Å². The Balaban J connectivity index is 1.98. The molecule has 0 unspecified atom stereocenters. The maximum atomic E-state index is 13.3. The number of carbonyl (C=O) groups is 1. The number of amides is 1. The van der Waals surface area contributed by atoms with Gasteiger partial charge in [0.05, 0.1) is 12.6 Å². The van der Waals surface area contributed by atoms with Crippen LogP contribution >= 0.6 is 0 Å². The normalized spacial score (nSPS) is 13.2. The van der Waals surface area contributed by atoms with Crippen LogP contribution in [0.5, 0.6) is 11.5 Å². The quantitative estimate of drug-likeness (QED) is 0.599. The number of methoxy groups -OCH3 is 1. The number of nitrogens with two attached hydrogens (primary N) is 1. The van der Waals surface area contributed by atoms with Crippen LogP contribution in [0.25, 0.3) is 0 Å². The van der Waals surface area contributed by atoms with Gasteiger partial charge in [0, 0.05) is 6.54 Å². The Kier molecular flexibility index (Phi) is 8.02. The highest BCUT2D eigenvalue weighted by atomic mass is 19.1. The molecule has 6 heteroatoms. The molecule has 5 nitrogen and oxygen atoms in total. The summed E-state index contributed by atoms with van der Waals surface area (Å²) < 4.78 is 24.5. The Bertz CT molecular complexity index is 826. The third-order valence-electron chi connectivity index (χ3n) is 4.80. The van der Waals surface area contributed by atoms with Crippen molar-refractivity contribution >= 4 is 5.91 Å². The van der Waals surface area contributed by atoms with Crippen LogP contribution in [0.2, 0.25) is 0 Å². The molecule has 0 spiro atoms. The number of benzene rings is 2. The molecule has 2 aromatic carbocycles. The predicted octanol–water partition coefficient (Wildman–Crippen LogP) is 3.84. The summed E-state index contributed by atoms with van der Waals surface area (Å²) in [7, 11) is 1.58. The molecule has 0 saturated heterocycles. The van der Waals surface area contributed by atoms with Gasteiger partial charge in [0.1, 0.15) is 12.4 Å². The Morgan fingerprint density at radius 1 is 1.17 bits per heavy atom. The molecule has 29 heavy (non-hydrogen) atoms. The van der Waals surface area contributed by atoms with Crippen LogP contribution in [-0.4, -0.2) is 25.1 Å². The van der Waals surface area contributed by atoms with Crippen molar-refractivity contribution in [1.82, 2.24) is 5.32 Å². The lowest BCUT2D eigenvalue weighted by molar-refractivity contribution is -0.124. The van der Waals surface area contributed by atoms with E-state index in [0.717, 1.165) is 11.1 Å². The lowest BCUT2D eigenvalue weighted by atomic mass is 9.90. The second kappa shape index (κ2) is 10.3. The van der Waals surface area contributed by atoms with Crippen LogP contribution in [0, 0.1) is 11.7 Å². The molecule has 1 amide bonds. The fourth-order valence-corrected chi connectivity index (χ4v) is 3.33. The minimum absolute atomic E-state index is 0.251. The van der Waals surface area contributed by atoms with E-state index in [1.165, 1.54) is 12.1 Å². The zero-order valence-corrected chi connectivity index (χ0v) is 17.6. The lowest BCUT2D eigenvalue weighted by Crippen LogP contribution is -2.54. The zero-order valence-electron chi connectivity index (χ0n) is 17.6. The van der Waals surface area contributed by atoms with E-state index in [2.05, 4.69) is 19.2 Å². The Labute approximate surface area is 172 Å². The maximum absolute atomic E-state index is 13.3. The molecule has 0 radical (unpaired) electrons. The summed E-state index contributed by atoms with van der Waals surface area (Å²) in [5.74, 6) is 0.926. The van der Waals surface area contributed by atoms with Crippen LogP contribution in [0.1, 0.15) is 38.3 Å². The topological polar surface area (TPSA) is 73.6 Å². The summed E-state index contributed by atoms with van der Waals surface area (Å²) in [4.78, 5) is 11.9. The Morgan fingerprint density at radius 3 is 2.55 bits per heavy atom. The van der Waals surface area contributed by atoms with Crippen molar-refractivity contribution in [2.45, 2.75) is 45.8 Å². The summed E-state index contributed by atoms with van der Waals surface area (Å²) in [5.41, 5.74) is 6.66. The highest BCUT2D eigenvalue weighted by Gasteiger charge is 2.30. The second-order valence-corrected chi connectivity index (χ2v) is 7.87. The molecule has 0 aliphatic heterocycles. The molecule has 0 heterocycles. The van der Waals surface area contributed by atoms with Crippen molar-refractivity contribution < 1.29 is 18.7 Å². The van der Waals surface area contributed by atoms with Crippen molar-refractivity contribution in [2.75, 3.05) is 13.7 Å². The van der Waals surface area contributed by atoms with E-state index in [9.17, 15) is 9.18 Å². The highest BCUT2D eigenvalue weighted by Crippen LogP contribution is 2.29. The van der Waals surface area contributed by atoms with Crippen molar-refractivity contribution in [3.63, 3.8) is 0 Å². The smallest absolute Gasteiger partial charge is 0.237 e. The van der Waals surface area contributed by atoms with Gasteiger partial charge in [-0.1, -0.05) is 32.0 Å². The maximum Gasteiger partial charge on any atom is 0.237 e. The lowest BCUT2D eigenvalue weighted by Gasteiger charge is -2.29. The van der Waals surface area contributed by atoms with Gasteiger partial charge in [-0.2, -0.15) is 0 Å². The third kappa shape index (κ3) is 6.75. The molecule has 0 bridgehead atoms. The molecule has 2 aromatic rings. The van der Waals surface area contributed by atoms with Crippen LogP contribution in [0.15, 0.2) is 42.5 Å². The molecule has 3 N–H and O–H groups in total. The molecule has 1 atom stereocenters. The first kappa shape index (κ1) is 22.7.